The molecule has 2 N–H and O–H groups in total. The van der Waals surface area contributed by atoms with Gasteiger partial charge in [0.1, 0.15) is 5.82 Å². The van der Waals surface area contributed by atoms with Crippen molar-refractivity contribution in [1.82, 2.24) is 25.3 Å². The van der Waals surface area contributed by atoms with Gasteiger partial charge in [-0.15, -0.1) is 5.10 Å². The second-order valence-corrected chi connectivity index (χ2v) is 8.26. The fourth-order valence-electron chi connectivity index (χ4n) is 2.82. The van der Waals surface area contributed by atoms with Crippen molar-refractivity contribution in [3.8, 4) is 11.4 Å². The molecule has 2 aromatic carbocycles. The molecule has 164 valence electrons. The van der Waals surface area contributed by atoms with Crippen LogP contribution in [0.5, 0.6) is 0 Å². The molecule has 0 atom stereocenters. The molecule has 0 bridgehead atoms. The lowest BCUT2D eigenvalue weighted by atomic mass is 10.2. The fourth-order valence-corrected chi connectivity index (χ4v) is 3.63. The number of H-pyrrole nitrogens is 1. The Labute approximate surface area is 192 Å². The van der Waals surface area contributed by atoms with E-state index in [2.05, 4.69) is 30.6 Å². The van der Waals surface area contributed by atoms with Crippen LogP contribution in [0, 0.1) is 12.7 Å². The van der Waals surface area contributed by atoms with Crippen molar-refractivity contribution in [3.63, 3.8) is 0 Å². The van der Waals surface area contributed by atoms with Crippen LogP contribution in [-0.4, -0.2) is 31.2 Å². The monoisotopic (exact) mass is 472 g/mol. The van der Waals surface area contributed by atoms with E-state index < -0.39 is 0 Å². The quantitative estimate of drug-likeness (QED) is 0.354. The first-order valence-electron chi connectivity index (χ1n) is 9.65. The van der Waals surface area contributed by atoms with Gasteiger partial charge in [-0.25, -0.2) is 9.37 Å². The number of carbonyl (C=O) groups excluding carboxylic acids is 1. The van der Waals surface area contributed by atoms with Crippen LogP contribution in [0.4, 0.5) is 10.1 Å². The lowest BCUT2D eigenvalue weighted by molar-refractivity contribution is -0.116. The van der Waals surface area contributed by atoms with Crippen molar-refractivity contribution >= 4 is 35.0 Å². The third-order valence-electron chi connectivity index (χ3n) is 4.44. The number of aryl methyl sites for hydroxylation is 2. The normalized spacial score (nSPS) is 11.0. The average molecular weight is 473 g/mol. The van der Waals surface area contributed by atoms with E-state index in [0.717, 1.165) is 5.56 Å². The van der Waals surface area contributed by atoms with E-state index >= 15 is 0 Å². The Balaban J connectivity index is 1.27. The summed E-state index contributed by atoms with van der Waals surface area (Å²) in [6.45, 7) is 1.89. The van der Waals surface area contributed by atoms with Gasteiger partial charge in [0, 0.05) is 29.1 Å². The van der Waals surface area contributed by atoms with E-state index in [1.54, 1.807) is 24.3 Å². The molecule has 2 aromatic heterocycles. The van der Waals surface area contributed by atoms with Gasteiger partial charge in [-0.1, -0.05) is 46.7 Å². The van der Waals surface area contributed by atoms with Gasteiger partial charge in [0.05, 0.1) is 5.75 Å². The summed E-state index contributed by atoms with van der Waals surface area (Å²) in [5, 5.41) is 14.7. The molecule has 4 aromatic rings. The summed E-state index contributed by atoms with van der Waals surface area (Å²) in [5.74, 6) is 1.18. The van der Waals surface area contributed by atoms with Crippen LogP contribution in [0.1, 0.15) is 23.7 Å². The van der Waals surface area contributed by atoms with Crippen molar-refractivity contribution < 1.29 is 13.7 Å². The number of nitrogens with one attached hydrogen (secondary N) is 2. The number of aromatic nitrogens is 5. The summed E-state index contributed by atoms with van der Waals surface area (Å²) >= 11 is 7.29. The highest BCUT2D eigenvalue weighted by atomic mass is 35.5. The Bertz CT molecular complexity index is 1240. The highest BCUT2D eigenvalue weighted by Gasteiger charge is 2.13. The average Bonchev–Trinajstić information content (AvgIpc) is 3.43. The van der Waals surface area contributed by atoms with Crippen molar-refractivity contribution in [1.29, 1.82) is 0 Å². The number of hydrogen-bond acceptors (Lipinski definition) is 7. The van der Waals surface area contributed by atoms with Crippen LogP contribution in [0.3, 0.4) is 0 Å². The minimum Gasteiger partial charge on any atom is -0.339 e. The Morgan fingerprint density at radius 2 is 2.12 bits per heavy atom. The van der Waals surface area contributed by atoms with E-state index in [0.29, 0.717) is 51.1 Å². The number of rotatable bonds is 8. The van der Waals surface area contributed by atoms with E-state index in [9.17, 15) is 9.18 Å². The molecule has 0 saturated heterocycles. The van der Waals surface area contributed by atoms with Crippen LogP contribution in [0.2, 0.25) is 5.02 Å². The lowest BCUT2D eigenvalue weighted by Crippen LogP contribution is -2.13. The molecule has 2 heterocycles. The van der Waals surface area contributed by atoms with Gasteiger partial charge in [0.2, 0.25) is 17.0 Å². The molecular weight excluding hydrogens is 455 g/mol. The Morgan fingerprint density at radius 1 is 1.25 bits per heavy atom. The van der Waals surface area contributed by atoms with Gasteiger partial charge in [-0.05, 0) is 36.8 Å². The number of nitrogens with zero attached hydrogens (tertiary/aromatic N) is 4. The van der Waals surface area contributed by atoms with Crippen molar-refractivity contribution in [3.05, 3.63) is 70.6 Å². The van der Waals surface area contributed by atoms with Gasteiger partial charge in [-0.3, -0.25) is 9.89 Å². The van der Waals surface area contributed by atoms with Gasteiger partial charge < -0.3 is 9.84 Å². The largest absolute Gasteiger partial charge is 0.339 e. The summed E-state index contributed by atoms with van der Waals surface area (Å²) in [4.78, 5) is 20.9. The maximum Gasteiger partial charge on any atom is 0.227 e. The molecular formula is C21H18ClFN6O2S. The zero-order valence-corrected chi connectivity index (χ0v) is 18.5. The second kappa shape index (κ2) is 9.92. The molecule has 0 fully saturated rings. The molecule has 0 aliphatic heterocycles. The van der Waals surface area contributed by atoms with E-state index in [4.69, 9.17) is 16.1 Å². The summed E-state index contributed by atoms with van der Waals surface area (Å²) in [6.07, 6.45) is 0.506. The maximum absolute atomic E-state index is 13.4. The smallest absolute Gasteiger partial charge is 0.227 e. The number of halogens is 2. The van der Waals surface area contributed by atoms with Crippen LogP contribution >= 0.6 is 23.4 Å². The number of amides is 1. The minimum absolute atomic E-state index is 0.171. The molecule has 0 aliphatic carbocycles. The number of carbonyl (C=O) groups is 1. The topological polar surface area (TPSA) is 110 Å². The molecule has 11 heteroatoms. The number of benzene rings is 2. The Hall–Kier alpha value is -3.24. The summed E-state index contributed by atoms with van der Waals surface area (Å²) < 4.78 is 18.6. The molecule has 8 nitrogen and oxygen atoms in total. The van der Waals surface area contributed by atoms with Gasteiger partial charge >= 0.3 is 0 Å². The molecule has 1 amide bonds. The molecule has 0 spiro atoms. The molecule has 4 rings (SSSR count). The minimum atomic E-state index is -0.344. The van der Waals surface area contributed by atoms with Gasteiger partial charge in [-0.2, -0.15) is 4.98 Å². The summed E-state index contributed by atoms with van der Waals surface area (Å²) in [5.41, 5.74) is 2.21. The number of anilines is 1. The maximum atomic E-state index is 13.4. The zero-order chi connectivity index (χ0) is 22.5. The highest BCUT2D eigenvalue weighted by Crippen LogP contribution is 2.23. The Morgan fingerprint density at radius 3 is 2.97 bits per heavy atom. The molecule has 32 heavy (non-hydrogen) atoms. The predicted octanol–water partition coefficient (Wildman–Crippen LogP) is 4.82. The SMILES string of the molecule is Cc1ccc(Cl)cc1NC(=O)CCc1nc(CSc2n[nH]c(-c3cccc(F)c3)n2)no1. The summed E-state index contributed by atoms with van der Waals surface area (Å²) in [6, 6.07) is 11.4. The van der Waals surface area contributed by atoms with Crippen LogP contribution < -0.4 is 5.32 Å². The third-order valence-corrected chi connectivity index (χ3v) is 5.52. The van der Waals surface area contributed by atoms with E-state index in [-0.39, 0.29) is 18.1 Å². The van der Waals surface area contributed by atoms with Crippen LogP contribution in [0.15, 0.2) is 52.1 Å². The van der Waals surface area contributed by atoms with Crippen molar-refractivity contribution in [2.45, 2.75) is 30.7 Å². The fraction of sp³-hybridized carbons (Fsp3) is 0.190. The van der Waals surface area contributed by atoms with Crippen molar-refractivity contribution in [2.24, 2.45) is 0 Å². The van der Waals surface area contributed by atoms with Gasteiger partial charge in [0.15, 0.2) is 11.6 Å². The number of thioether (sulfide) groups is 1. The predicted molar refractivity (Wildman–Crippen MR) is 119 cm³/mol. The molecule has 0 unspecified atom stereocenters. The zero-order valence-electron chi connectivity index (χ0n) is 16.9. The first-order valence-corrected chi connectivity index (χ1v) is 11.0. The highest BCUT2D eigenvalue weighted by molar-refractivity contribution is 7.98. The molecule has 0 radical (unpaired) electrons. The lowest BCUT2D eigenvalue weighted by Gasteiger charge is -2.08. The standard InChI is InChI=1S/C21H18ClFN6O2S/c1-12-5-6-14(22)10-16(12)24-18(30)7-8-19-25-17(29-31-19)11-32-21-26-20(27-28-21)13-3-2-4-15(23)9-13/h2-6,9-10H,7-8,11H2,1H3,(H,24,30)(H,26,27,28). The molecule has 0 saturated carbocycles. The third kappa shape index (κ3) is 5.71. The first-order chi connectivity index (χ1) is 15.5. The number of aromatic amines is 1. The van der Waals surface area contributed by atoms with E-state index in [1.165, 1.54) is 23.9 Å². The first kappa shape index (κ1) is 22.0. The number of hydrogen-bond donors (Lipinski definition) is 2. The summed E-state index contributed by atoms with van der Waals surface area (Å²) in [7, 11) is 0. The van der Waals surface area contributed by atoms with E-state index in [1.807, 2.05) is 13.0 Å². The Kier molecular flexibility index (Phi) is 6.81. The van der Waals surface area contributed by atoms with Crippen LogP contribution in [0.25, 0.3) is 11.4 Å². The molecule has 0 aliphatic rings. The van der Waals surface area contributed by atoms with Gasteiger partial charge in [0.25, 0.3) is 0 Å². The van der Waals surface area contributed by atoms with Crippen molar-refractivity contribution in [2.75, 3.05) is 5.32 Å². The second-order valence-electron chi connectivity index (χ2n) is 6.88. The van der Waals surface area contributed by atoms with Crippen LogP contribution in [-0.2, 0) is 17.0 Å².